The van der Waals surface area contributed by atoms with Crippen LogP contribution >= 0.6 is 11.6 Å². The zero-order chi connectivity index (χ0) is 19.6. The molecule has 0 amide bonds. The monoisotopic (exact) mass is 395 g/mol. The Morgan fingerprint density at radius 2 is 1.28 bits per heavy atom. The molecule has 3 nitrogen and oxygen atoms in total. The summed E-state index contributed by atoms with van der Waals surface area (Å²) in [6.45, 7) is 0. The number of benzene rings is 4. The Morgan fingerprint density at radius 3 is 1.97 bits per heavy atom. The first-order valence-electron chi connectivity index (χ1n) is 9.44. The van der Waals surface area contributed by atoms with Crippen LogP contribution in [-0.4, -0.2) is 9.55 Å². The normalized spacial score (nSPS) is 10.9. The van der Waals surface area contributed by atoms with Crippen LogP contribution < -0.4 is 4.90 Å². The van der Waals surface area contributed by atoms with Crippen molar-refractivity contribution >= 4 is 39.7 Å². The van der Waals surface area contributed by atoms with Crippen molar-refractivity contribution < 1.29 is 0 Å². The van der Waals surface area contributed by atoms with Crippen molar-refractivity contribution in [3.8, 4) is 5.69 Å². The maximum absolute atomic E-state index is 7.00. The number of para-hydroxylation sites is 4. The summed E-state index contributed by atoms with van der Waals surface area (Å²) in [6, 6.07) is 34.7. The molecule has 0 spiro atoms. The maximum Gasteiger partial charge on any atom is 0.100 e. The first-order valence-corrected chi connectivity index (χ1v) is 9.82. The second-order valence-corrected chi connectivity index (χ2v) is 7.10. The summed E-state index contributed by atoms with van der Waals surface area (Å²) in [4.78, 5) is 6.69. The number of hydrogen-bond donors (Lipinski definition) is 0. The topological polar surface area (TPSA) is 21.1 Å². The van der Waals surface area contributed by atoms with Gasteiger partial charge < -0.3 is 4.90 Å². The van der Waals surface area contributed by atoms with Gasteiger partial charge >= 0.3 is 0 Å². The van der Waals surface area contributed by atoms with Crippen LogP contribution in [0.25, 0.3) is 16.7 Å². The van der Waals surface area contributed by atoms with Gasteiger partial charge in [-0.1, -0.05) is 66.2 Å². The Balaban J connectivity index is 1.71. The minimum atomic E-state index is 0.670. The number of hydrogen-bond acceptors (Lipinski definition) is 2. The summed E-state index contributed by atoms with van der Waals surface area (Å²) >= 11 is 7.00. The first kappa shape index (κ1) is 17.5. The molecule has 0 unspecified atom stereocenters. The first-order chi connectivity index (χ1) is 14.3. The van der Waals surface area contributed by atoms with Gasteiger partial charge in [-0.2, -0.15) is 0 Å². The fourth-order valence-electron chi connectivity index (χ4n) is 3.60. The Morgan fingerprint density at radius 1 is 0.655 bits per heavy atom. The van der Waals surface area contributed by atoms with E-state index in [-0.39, 0.29) is 0 Å². The number of imidazole rings is 1. The molecule has 1 aromatic heterocycles. The van der Waals surface area contributed by atoms with Gasteiger partial charge in [-0.25, -0.2) is 4.98 Å². The average Bonchev–Trinajstić information content (AvgIpc) is 3.21. The van der Waals surface area contributed by atoms with E-state index in [0.717, 1.165) is 33.8 Å². The highest BCUT2D eigenvalue weighted by Gasteiger charge is 2.18. The van der Waals surface area contributed by atoms with Gasteiger partial charge in [-0.05, 0) is 48.5 Å². The molecule has 0 aliphatic rings. The molecule has 0 radical (unpaired) electrons. The molecule has 0 saturated heterocycles. The van der Waals surface area contributed by atoms with Crippen molar-refractivity contribution in [3.63, 3.8) is 0 Å². The number of aromatic nitrogens is 2. The second kappa shape index (κ2) is 7.46. The highest BCUT2D eigenvalue weighted by Crippen LogP contribution is 2.41. The largest absolute Gasteiger partial charge is 0.309 e. The minimum Gasteiger partial charge on any atom is -0.309 e. The minimum absolute atomic E-state index is 0.670. The van der Waals surface area contributed by atoms with E-state index in [1.165, 1.54) is 0 Å². The average molecular weight is 396 g/mol. The lowest BCUT2D eigenvalue weighted by Crippen LogP contribution is -2.11. The predicted molar refractivity (Wildman–Crippen MR) is 121 cm³/mol. The Bertz CT molecular complexity index is 1220. The molecule has 1 heterocycles. The van der Waals surface area contributed by atoms with Gasteiger partial charge in [0.15, 0.2) is 0 Å². The Kier molecular flexibility index (Phi) is 4.51. The lowest BCUT2D eigenvalue weighted by atomic mass is 10.1. The van der Waals surface area contributed by atoms with Crippen LogP contribution in [0.3, 0.4) is 0 Å². The van der Waals surface area contributed by atoms with E-state index in [1.54, 1.807) is 0 Å². The van der Waals surface area contributed by atoms with Crippen LogP contribution in [-0.2, 0) is 0 Å². The van der Waals surface area contributed by atoms with Crippen molar-refractivity contribution in [1.82, 2.24) is 9.55 Å². The van der Waals surface area contributed by atoms with Gasteiger partial charge in [0.05, 0.1) is 27.4 Å². The van der Waals surface area contributed by atoms with E-state index in [9.17, 15) is 0 Å². The Labute approximate surface area is 174 Å². The van der Waals surface area contributed by atoms with Crippen LogP contribution in [0.15, 0.2) is 109 Å². The summed E-state index contributed by atoms with van der Waals surface area (Å²) in [7, 11) is 0. The van der Waals surface area contributed by atoms with Gasteiger partial charge in [0.1, 0.15) is 6.33 Å². The molecule has 4 aromatic carbocycles. The molecule has 0 aliphatic carbocycles. The quantitative estimate of drug-likeness (QED) is 0.322. The van der Waals surface area contributed by atoms with Gasteiger partial charge in [0.25, 0.3) is 0 Å². The lowest BCUT2D eigenvalue weighted by molar-refractivity contribution is 1.09. The summed E-state index contributed by atoms with van der Waals surface area (Å²) in [5.74, 6) is 0. The van der Waals surface area contributed by atoms with Crippen LogP contribution in [0.5, 0.6) is 0 Å². The fraction of sp³-hybridized carbons (Fsp3) is 0. The molecule has 0 N–H and O–H groups in total. The van der Waals surface area contributed by atoms with Crippen molar-refractivity contribution in [2.24, 2.45) is 0 Å². The molecule has 29 heavy (non-hydrogen) atoms. The zero-order valence-electron chi connectivity index (χ0n) is 15.6. The molecule has 140 valence electrons. The summed E-state index contributed by atoms with van der Waals surface area (Å²) in [5.41, 5.74) is 5.88. The predicted octanol–water partition coefficient (Wildman–Crippen LogP) is 7.15. The molecule has 4 heteroatoms. The summed E-state index contributed by atoms with van der Waals surface area (Å²) in [5, 5.41) is 0.670. The van der Waals surface area contributed by atoms with Gasteiger partial charge in [0.2, 0.25) is 0 Å². The molecule has 0 bridgehead atoms. The highest BCUT2D eigenvalue weighted by molar-refractivity contribution is 6.35. The van der Waals surface area contributed by atoms with Crippen molar-refractivity contribution in [2.75, 3.05) is 4.90 Å². The van der Waals surface area contributed by atoms with Crippen molar-refractivity contribution in [2.45, 2.75) is 0 Å². The molecule has 5 aromatic rings. The Hall–Kier alpha value is -3.56. The molecular formula is C25H18ClN3. The van der Waals surface area contributed by atoms with Crippen molar-refractivity contribution in [1.29, 1.82) is 0 Å². The van der Waals surface area contributed by atoms with E-state index < -0.39 is 0 Å². The third-order valence-electron chi connectivity index (χ3n) is 4.94. The fourth-order valence-corrected chi connectivity index (χ4v) is 3.90. The number of rotatable bonds is 4. The molecule has 0 saturated carbocycles. The maximum atomic E-state index is 7.00. The van der Waals surface area contributed by atoms with E-state index >= 15 is 0 Å². The molecule has 0 atom stereocenters. The van der Waals surface area contributed by atoms with E-state index in [2.05, 4.69) is 40.2 Å². The molecule has 0 fully saturated rings. The zero-order valence-corrected chi connectivity index (χ0v) is 16.4. The molecule has 5 rings (SSSR count). The van der Waals surface area contributed by atoms with E-state index in [0.29, 0.717) is 5.02 Å². The standard InChI is InChI=1S/C25H18ClN3/c26-25-23(28-18-27-21-14-7-8-15-22(21)28)16-9-17-24(25)29(19-10-3-1-4-11-19)20-12-5-2-6-13-20/h1-18H. The van der Waals surface area contributed by atoms with Crippen molar-refractivity contribution in [3.05, 3.63) is 114 Å². The SMILES string of the molecule is Clc1c(N(c2ccccc2)c2ccccc2)cccc1-n1cnc2ccccc21. The second-order valence-electron chi connectivity index (χ2n) is 6.72. The molecular weight excluding hydrogens is 378 g/mol. The van der Waals surface area contributed by atoms with Crippen LogP contribution in [0.1, 0.15) is 0 Å². The third-order valence-corrected chi connectivity index (χ3v) is 5.33. The molecule has 0 aliphatic heterocycles. The number of fused-ring (bicyclic) bond motifs is 1. The highest BCUT2D eigenvalue weighted by atomic mass is 35.5. The van der Waals surface area contributed by atoms with Gasteiger partial charge in [-0.15, -0.1) is 0 Å². The third kappa shape index (κ3) is 3.16. The number of nitrogens with zero attached hydrogens (tertiary/aromatic N) is 3. The van der Waals surface area contributed by atoms with Gasteiger partial charge in [-0.3, -0.25) is 4.57 Å². The van der Waals surface area contributed by atoms with Crippen LogP contribution in [0, 0.1) is 0 Å². The summed E-state index contributed by atoms with van der Waals surface area (Å²) < 4.78 is 2.04. The van der Waals surface area contributed by atoms with Gasteiger partial charge in [0, 0.05) is 11.4 Å². The lowest BCUT2D eigenvalue weighted by Gasteiger charge is -2.27. The van der Waals surface area contributed by atoms with Crippen LogP contribution in [0.4, 0.5) is 17.1 Å². The van der Waals surface area contributed by atoms with Crippen LogP contribution in [0.2, 0.25) is 5.02 Å². The summed E-state index contributed by atoms with van der Waals surface area (Å²) in [6.07, 6.45) is 1.82. The number of halogens is 1. The van der Waals surface area contributed by atoms with E-state index in [4.69, 9.17) is 11.6 Å². The number of anilines is 3. The van der Waals surface area contributed by atoms with E-state index in [1.807, 2.05) is 83.7 Å². The smallest absolute Gasteiger partial charge is 0.100 e.